The van der Waals surface area contributed by atoms with Gasteiger partial charge < -0.3 is 4.57 Å². The fourth-order valence-electron chi connectivity index (χ4n) is 1.33. The van der Waals surface area contributed by atoms with Crippen LogP contribution < -0.4 is 0 Å². The molecule has 0 aromatic carbocycles. The molecule has 2 heterocycles. The Kier molecular flexibility index (Phi) is 2.56. The number of hydrogen-bond acceptors (Lipinski definition) is 5. The summed E-state index contributed by atoms with van der Waals surface area (Å²) in [7, 11) is 0. The molecule has 0 aliphatic rings. The fourth-order valence-corrected chi connectivity index (χ4v) is 1.75. The van der Waals surface area contributed by atoms with E-state index >= 15 is 0 Å². The maximum atomic E-state index is 8.61. The van der Waals surface area contributed by atoms with Crippen molar-refractivity contribution in [3.63, 3.8) is 0 Å². The molecule has 0 radical (unpaired) electrons. The van der Waals surface area contributed by atoms with Crippen LogP contribution in [0.15, 0.2) is 17.7 Å². The third-order valence-corrected chi connectivity index (χ3v) is 2.61. The molecule has 0 spiro atoms. The molecule has 2 rings (SSSR count). The van der Waals surface area contributed by atoms with Crippen LogP contribution in [0.1, 0.15) is 19.9 Å². The molecule has 5 nitrogen and oxygen atoms in total. The van der Waals surface area contributed by atoms with Gasteiger partial charge in [0.25, 0.3) is 0 Å². The van der Waals surface area contributed by atoms with E-state index in [1.807, 2.05) is 9.97 Å². The Morgan fingerprint density at radius 1 is 1.40 bits per heavy atom. The van der Waals surface area contributed by atoms with Crippen LogP contribution in [-0.2, 0) is 0 Å². The lowest BCUT2D eigenvalue weighted by atomic mass is 10.4. The van der Waals surface area contributed by atoms with Gasteiger partial charge in [-0.3, -0.25) is 0 Å². The van der Waals surface area contributed by atoms with Crippen LogP contribution in [0.4, 0.5) is 0 Å². The van der Waals surface area contributed by atoms with E-state index in [1.165, 1.54) is 6.33 Å². The zero-order chi connectivity index (χ0) is 10.8. The molecule has 0 N–H and O–H groups in total. The highest BCUT2D eigenvalue weighted by molar-refractivity contribution is 8.03. The van der Waals surface area contributed by atoms with Gasteiger partial charge in [-0.2, -0.15) is 5.26 Å². The second-order valence-corrected chi connectivity index (χ2v) is 4.06. The third kappa shape index (κ3) is 1.66. The molecule has 0 fully saturated rings. The van der Waals surface area contributed by atoms with Gasteiger partial charge in [0.15, 0.2) is 5.65 Å². The van der Waals surface area contributed by atoms with Crippen molar-refractivity contribution in [1.82, 2.24) is 19.5 Å². The van der Waals surface area contributed by atoms with Crippen molar-refractivity contribution in [3.05, 3.63) is 12.7 Å². The summed E-state index contributed by atoms with van der Waals surface area (Å²) in [5.41, 5.74) is 1.47. The Labute approximate surface area is 91.2 Å². The van der Waals surface area contributed by atoms with E-state index in [0.717, 1.165) is 17.4 Å². The van der Waals surface area contributed by atoms with Crippen LogP contribution >= 0.6 is 11.8 Å². The van der Waals surface area contributed by atoms with E-state index in [0.29, 0.717) is 16.6 Å². The molecular formula is C9H9N5S. The molecule has 0 saturated heterocycles. The third-order valence-electron chi connectivity index (χ3n) is 2.02. The summed E-state index contributed by atoms with van der Waals surface area (Å²) in [6, 6.07) is 0.296. The normalized spacial score (nSPS) is 10.8. The molecule has 0 saturated carbocycles. The van der Waals surface area contributed by atoms with Crippen molar-refractivity contribution in [2.75, 3.05) is 0 Å². The van der Waals surface area contributed by atoms with Crippen LogP contribution in [0.3, 0.4) is 0 Å². The lowest BCUT2D eigenvalue weighted by Crippen LogP contribution is -1.99. The summed E-state index contributed by atoms with van der Waals surface area (Å²) >= 11 is 1.01. The lowest BCUT2D eigenvalue weighted by molar-refractivity contribution is 0.612. The Balaban J connectivity index is 2.64. The molecule has 0 aliphatic carbocycles. The second-order valence-electron chi connectivity index (χ2n) is 3.29. The smallest absolute Gasteiger partial charge is 0.164 e. The van der Waals surface area contributed by atoms with E-state index < -0.39 is 0 Å². The monoisotopic (exact) mass is 219 g/mol. The summed E-state index contributed by atoms with van der Waals surface area (Å²) in [6.45, 7) is 4.11. The largest absolute Gasteiger partial charge is 0.313 e. The predicted molar refractivity (Wildman–Crippen MR) is 57.2 cm³/mol. The number of nitriles is 1. The van der Waals surface area contributed by atoms with Crippen LogP contribution in [0.2, 0.25) is 0 Å². The molecule has 2 aromatic heterocycles. The van der Waals surface area contributed by atoms with Crippen LogP contribution in [-0.4, -0.2) is 19.5 Å². The molecule has 76 valence electrons. The number of thioether (sulfide) groups is 1. The number of hydrogen-bond donors (Lipinski definition) is 0. The minimum Gasteiger partial charge on any atom is -0.313 e. The highest BCUT2D eigenvalue weighted by Gasteiger charge is 2.11. The summed E-state index contributed by atoms with van der Waals surface area (Å²) in [5, 5.41) is 11.2. The van der Waals surface area contributed by atoms with E-state index in [1.54, 1.807) is 6.33 Å². The summed E-state index contributed by atoms with van der Waals surface area (Å²) in [6.07, 6.45) is 3.19. The zero-order valence-corrected chi connectivity index (χ0v) is 9.19. The van der Waals surface area contributed by atoms with Gasteiger partial charge in [0, 0.05) is 17.8 Å². The first kappa shape index (κ1) is 9.93. The van der Waals surface area contributed by atoms with Crippen LogP contribution in [0, 0.1) is 10.7 Å². The minimum absolute atomic E-state index is 0.296. The number of aromatic nitrogens is 4. The van der Waals surface area contributed by atoms with Gasteiger partial charge in [0.1, 0.15) is 22.3 Å². The van der Waals surface area contributed by atoms with Gasteiger partial charge in [-0.1, -0.05) is 0 Å². The van der Waals surface area contributed by atoms with Crippen LogP contribution in [0.5, 0.6) is 0 Å². The number of fused-ring (bicyclic) bond motifs is 1. The Bertz CT molecular complexity index is 525. The van der Waals surface area contributed by atoms with Gasteiger partial charge in [0.2, 0.25) is 0 Å². The molecule has 0 aliphatic heterocycles. The van der Waals surface area contributed by atoms with Crippen LogP contribution in [0.25, 0.3) is 11.2 Å². The van der Waals surface area contributed by atoms with Crippen molar-refractivity contribution in [3.8, 4) is 5.40 Å². The average molecular weight is 219 g/mol. The van der Waals surface area contributed by atoms with Gasteiger partial charge in [-0.05, 0) is 13.8 Å². The Morgan fingerprint density at radius 2 is 2.20 bits per heavy atom. The molecule has 0 bridgehead atoms. The Hall–Kier alpha value is -1.61. The highest BCUT2D eigenvalue weighted by Crippen LogP contribution is 2.23. The van der Waals surface area contributed by atoms with Crippen molar-refractivity contribution < 1.29 is 0 Å². The van der Waals surface area contributed by atoms with Crippen molar-refractivity contribution >= 4 is 22.9 Å². The van der Waals surface area contributed by atoms with E-state index in [9.17, 15) is 0 Å². The molecular weight excluding hydrogens is 210 g/mol. The number of imidazole rings is 1. The van der Waals surface area contributed by atoms with Gasteiger partial charge in [0.05, 0.1) is 6.33 Å². The molecule has 0 atom stereocenters. The predicted octanol–water partition coefficient (Wildman–Crippen LogP) is 1.98. The summed E-state index contributed by atoms with van der Waals surface area (Å²) in [5.74, 6) is 0. The van der Waals surface area contributed by atoms with Gasteiger partial charge in [-0.15, -0.1) is 0 Å². The molecule has 0 unspecified atom stereocenters. The number of nitrogens with zero attached hydrogens (tertiary/aromatic N) is 5. The fraction of sp³-hybridized carbons (Fsp3) is 0.333. The molecule has 6 heteroatoms. The average Bonchev–Trinajstić information content (AvgIpc) is 2.62. The molecule has 0 amide bonds. The van der Waals surface area contributed by atoms with E-state index in [-0.39, 0.29) is 0 Å². The van der Waals surface area contributed by atoms with Gasteiger partial charge >= 0.3 is 0 Å². The molecule has 15 heavy (non-hydrogen) atoms. The standard InChI is InChI=1S/C9H9N5S/c1-6(2)14-5-13-7-8(14)11-4-12-9(7)15-3-10/h4-6H,1-2H3. The maximum absolute atomic E-state index is 8.61. The summed E-state index contributed by atoms with van der Waals surface area (Å²) in [4.78, 5) is 12.4. The maximum Gasteiger partial charge on any atom is 0.164 e. The topological polar surface area (TPSA) is 67.4 Å². The zero-order valence-electron chi connectivity index (χ0n) is 8.38. The van der Waals surface area contributed by atoms with Crippen molar-refractivity contribution in [1.29, 1.82) is 5.26 Å². The Morgan fingerprint density at radius 3 is 2.87 bits per heavy atom. The SMILES string of the molecule is CC(C)n1cnc2c(SC#N)ncnc21. The quantitative estimate of drug-likeness (QED) is 0.439. The number of rotatable bonds is 2. The minimum atomic E-state index is 0.296. The second kappa shape index (κ2) is 3.87. The van der Waals surface area contributed by atoms with Crippen molar-refractivity contribution in [2.24, 2.45) is 0 Å². The van der Waals surface area contributed by atoms with Crippen molar-refractivity contribution in [2.45, 2.75) is 24.9 Å². The highest BCUT2D eigenvalue weighted by atomic mass is 32.2. The summed E-state index contributed by atoms with van der Waals surface area (Å²) < 4.78 is 1.96. The first-order valence-corrected chi connectivity index (χ1v) is 5.29. The number of thiocyanates is 1. The first-order valence-electron chi connectivity index (χ1n) is 4.47. The van der Waals surface area contributed by atoms with E-state index in [4.69, 9.17) is 5.26 Å². The van der Waals surface area contributed by atoms with Gasteiger partial charge in [-0.25, -0.2) is 15.0 Å². The lowest BCUT2D eigenvalue weighted by Gasteiger charge is -2.06. The first-order chi connectivity index (χ1) is 7.24. The molecule has 2 aromatic rings. The van der Waals surface area contributed by atoms with E-state index in [2.05, 4.69) is 28.8 Å².